The highest BCUT2D eigenvalue weighted by Crippen LogP contribution is 2.38. The van der Waals surface area contributed by atoms with E-state index in [1.807, 2.05) is 0 Å². The van der Waals surface area contributed by atoms with Crippen LogP contribution in [-0.2, 0) is 4.79 Å². The number of aromatic hydroxyl groups is 1. The van der Waals surface area contributed by atoms with Crippen molar-refractivity contribution in [2.24, 2.45) is 11.7 Å². The van der Waals surface area contributed by atoms with Crippen molar-refractivity contribution in [3.63, 3.8) is 0 Å². The van der Waals surface area contributed by atoms with Crippen LogP contribution in [0.1, 0.15) is 30.7 Å². The molecule has 1 aliphatic rings. The maximum Gasteiger partial charge on any atom is 0.224 e. The Balaban J connectivity index is 2.15. The van der Waals surface area contributed by atoms with Gasteiger partial charge in [0, 0.05) is 0 Å². The van der Waals surface area contributed by atoms with Crippen molar-refractivity contribution in [3.8, 4) is 5.75 Å². The predicted octanol–water partition coefficient (Wildman–Crippen LogP) is 1.76. The van der Waals surface area contributed by atoms with Crippen molar-refractivity contribution < 1.29 is 9.90 Å². The minimum Gasteiger partial charge on any atom is -0.508 e. The molecule has 1 fully saturated rings. The van der Waals surface area contributed by atoms with E-state index < -0.39 is 0 Å². The van der Waals surface area contributed by atoms with E-state index in [0.29, 0.717) is 5.92 Å². The normalized spacial score (nSPS) is 17.3. The van der Waals surface area contributed by atoms with Crippen LogP contribution in [0.15, 0.2) is 24.3 Å². The number of hydrogen-bond acceptors (Lipinski definition) is 2. The molecule has 1 atom stereocenters. The van der Waals surface area contributed by atoms with Crippen molar-refractivity contribution in [1.82, 2.24) is 0 Å². The monoisotopic (exact) mass is 205 g/mol. The lowest BCUT2D eigenvalue weighted by Gasteiger charge is -2.13. The summed E-state index contributed by atoms with van der Waals surface area (Å²) in [7, 11) is 0. The van der Waals surface area contributed by atoms with Gasteiger partial charge < -0.3 is 10.8 Å². The fourth-order valence-electron chi connectivity index (χ4n) is 1.81. The van der Waals surface area contributed by atoms with Crippen LogP contribution < -0.4 is 5.73 Å². The van der Waals surface area contributed by atoms with Gasteiger partial charge in [-0.05, 0) is 30.0 Å². The van der Waals surface area contributed by atoms with Gasteiger partial charge in [-0.25, -0.2) is 0 Å². The number of amides is 1. The molecule has 0 aromatic heterocycles. The Bertz CT molecular complexity index is 354. The fraction of sp³-hybridized carbons (Fsp3) is 0.417. The summed E-state index contributed by atoms with van der Waals surface area (Å²) in [5, 5.41) is 9.16. The van der Waals surface area contributed by atoms with Crippen LogP contribution in [0.3, 0.4) is 0 Å². The summed E-state index contributed by atoms with van der Waals surface area (Å²) in [5.41, 5.74) is 6.29. The third-order valence-corrected chi connectivity index (χ3v) is 2.90. The van der Waals surface area contributed by atoms with Crippen molar-refractivity contribution in [2.75, 3.05) is 0 Å². The van der Waals surface area contributed by atoms with Gasteiger partial charge in [0.1, 0.15) is 5.75 Å². The first-order chi connectivity index (χ1) is 7.16. The highest BCUT2D eigenvalue weighted by atomic mass is 16.3. The average Bonchev–Trinajstić information content (AvgIpc) is 2.99. The van der Waals surface area contributed by atoms with Gasteiger partial charge in [0.15, 0.2) is 0 Å². The van der Waals surface area contributed by atoms with E-state index in [9.17, 15) is 4.79 Å². The van der Waals surface area contributed by atoms with Gasteiger partial charge >= 0.3 is 0 Å². The number of benzene rings is 1. The lowest BCUT2D eigenvalue weighted by Crippen LogP contribution is -2.21. The number of carbonyl (C=O) groups is 1. The molecule has 1 unspecified atom stereocenters. The molecule has 1 aliphatic carbocycles. The van der Waals surface area contributed by atoms with E-state index >= 15 is 0 Å². The molecule has 80 valence electrons. The first-order valence-electron chi connectivity index (χ1n) is 5.25. The van der Waals surface area contributed by atoms with Gasteiger partial charge in [0.05, 0.1) is 5.92 Å². The molecule has 3 heteroatoms. The topological polar surface area (TPSA) is 63.3 Å². The Morgan fingerprint density at radius 3 is 2.47 bits per heavy atom. The molecule has 0 saturated heterocycles. The largest absolute Gasteiger partial charge is 0.508 e. The van der Waals surface area contributed by atoms with Crippen molar-refractivity contribution in [1.29, 1.82) is 0 Å². The Morgan fingerprint density at radius 2 is 2.00 bits per heavy atom. The summed E-state index contributed by atoms with van der Waals surface area (Å²) in [6.07, 6.45) is 3.27. The molecule has 1 aromatic rings. The molecular weight excluding hydrogens is 190 g/mol. The van der Waals surface area contributed by atoms with Gasteiger partial charge in [0.25, 0.3) is 0 Å². The number of rotatable bonds is 4. The third kappa shape index (κ3) is 2.49. The summed E-state index contributed by atoms with van der Waals surface area (Å²) in [5.74, 6) is 0.412. The van der Waals surface area contributed by atoms with E-state index in [1.165, 1.54) is 12.8 Å². The molecule has 1 amide bonds. The van der Waals surface area contributed by atoms with Gasteiger partial charge in [0.2, 0.25) is 5.91 Å². The Hall–Kier alpha value is -1.51. The zero-order valence-electron chi connectivity index (χ0n) is 8.52. The van der Waals surface area contributed by atoms with Gasteiger partial charge in [-0.3, -0.25) is 4.79 Å². The zero-order valence-corrected chi connectivity index (χ0v) is 8.52. The predicted molar refractivity (Wildman–Crippen MR) is 57.4 cm³/mol. The van der Waals surface area contributed by atoms with Crippen LogP contribution >= 0.6 is 0 Å². The van der Waals surface area contributed by atoms with E-state index in [4.69, 9.17) is 10.8 Å². The van der Waals surface area contributed by atoms with E-state index in [1.54, 1.807) is 24.3 Å². The van der Waals surface area contributed by atoms with Crippen LogP contribution in [0.5, 0.6) is 5.75 Å². The molecule has 0 spiro atoms. The fourth-order valence-corrected chi connectivity index (χ4v) is 1.81. The summed E-state index contributed by atoms with van der Waals surface area (Å²) < 4.78 is 0. The molecule has 0 heterocycles. The van der Waals surface area contributed by atoms with Crippen LogP contribution in [0.4, 0.5) is 0 Å². The van der Waals surface area contributed by atoms with Crippen molar-refractivity contribution in [3.05, 3.63) is 29.8 Å². The molecule has 1 aromatic carbocycles. The highest BCUT2D eigenvalue weighted by Gasteiger charge is 2.29. The molecule has 0 bridgehead atoms. The van der Waals surface area contributed by atoms with E-state index in [-0.39, 0.29) is 17.6 Å². The first kappa shape index (κ1) is 10.0. The summed E-state index contributed by atoms with van der Waals surface area (Å²) in [4.78, 5) is 11.3. The van der Waals surface area contributed by atoms with Gasteiger partial charge in [-0.15, -0.1) is 0 Å². The Morgan fingerprint density at radius 1 is 1.40 bits per heavy atom. The maximum absolute atomic E-state index is 11.3. The lowest BCUT2D eigenvalue weighted by atomic mass is 9.93. The number of primary amides is 1. The number of carbonyl (C=O) groups excluding carboxylic acids is 1. The molecule has 3 nitrogen and oxygen atoms in total. The van der Waals surface area contributed by atoms with E-state index in [2.05, 4.69) is 0 Å². The first-order valence-corrected chi connectivity index (χ1v) is 5.25. The standard InChI is InChI=1S/C12H15NO2/c13-12(15)11(7-8-1-2-8)9-3-5-10(14)6-4-9/h3-6,8,11,14H,1-2,7H2,(H2,13,15). The van der Waals surface area contributed by atoms with Crippen LogP contribution in [0.25, 0.3) is 0 Å². The second-order valence-electron chi connectivity index (χ2n) is 4.23. The Labute approximate surface area is 88.9 Å². The number of phenols is 1. The number of hydrogen-bond donors (Lipinski definition) is 2. The SMILES string of the molecule is NC(=O)C(CC1CC1)c1ccc(O)cc1. The second-order valence-corrected chi connectivity index (χ2v) is 4.23. The summed E-state index contributed by atoms with van der Waals surface area (Å²) in [6.45, 7) is 0. The smallest absolute Gasteiger partial charge is 0.224 e. The third-order valence-electron chi connectivity index (χ3n) is 2.90. The van der Waals surface area contributed by atoms with Crippen LogP contribution in [-0.4, -0.2) is 11.0 Å². The molecule has 2 rings (SSSR count). The van der Waals surface area contributed by atoms with E-state index in [0.717, 1.165) is 12.0 Å². The average molecular weight is 205 g/mol. The molecule has 15 heavy (non-hydrogen) atoms. The Kier molecular flexibility index (Phi) is 2.62. The number of nitrogens with two attached hydrogens (primary N) is 1. The molecule has 0 aliphatic heterocycles. The van der Waals surface area contributed by atoms with Crippen molar-refractivity contribution >= 4 is 5.91 Å². The van der Waals surface area contributed by atoms with Crippen LogP contribution in [0.2, 0.25) is 0 Å². The molecule has 1 saturated carbocycles. The summed E-state index contributed by atoms with van der Waals surface area (Å²) in [6, 6.07) is 6.73. The molecule has 3 N–H and O–H groups in total. The van der Waals surface area contributed by atoms with Gasteiger partial charge in [-0.2, -0.15) is 0 Å². The van der Waals surface area contributed by atoms with Crippen molar-refractivity contribution in [2.45, 2.75) is 25.2 Å². The second kappa shape index (κ2) is 3.93. The quantitative estimate of drug-likeness (QED) is 0.786. The maximum atomic E-state index is 11.3. The number of phenolic OH excluding ortho intramolecular Hbond substituents is 1. The minimum absolute atomic E-state index is 0.196. The summed E-state index contributed by atoms with van der Waals surface area (Å²) >= 11 is 0. The van der Waals surface area contributed by atoms with Crippen LogP contribution in [0, 0.1) is 5.92 Å². The molecule has 0 radical (unpaired) electrons. The molecular formula is C12H15NO2. The highest BCUT2D eigenvalue weighted by molar-refractivity contribution is 5.82. The minimum atomic E-state index is -0.271. The zero-order chi connectivity index (χ0) is 10.8. The lowest BCUT2D eigenvalue weighted by molar-refractivity contribution is -0.119. The van der Waals surface area contributed by atoms with Gasteiger partial charge in [-0.1, -0.05) is 25.0 Å².